The van der Waals surface area contributed by atoms with Gasteiger partial charge in [0.25, 0.3) is 0 Å². The third kappa shape index (κ3) is 4.75. The Morgan fingerprint density at radius 3 is 2.00 bits per heavy atom. The smallest absolute Gasteiger partial charge is 0.181 e. The molecule has 0 aliphatic heterocycles. The highest BCUT2D eigenvalue weighted by atomic mass is 35.5. The second kappa shape index (κ2) is 10.1. The minimum absolute atomic E-state index is 0.144. The van der Waals surface area contributed by atoms with E-state index in [-0.39, 0.29) is 18.9 Å². The molecular formula is C29H30ClO2PS. The molecule has 1 atom stereocenters. The molecule has 4 aromatic rings. The highest BCUT2D eigenvalue weighted by molar-refractivity contribution is 8.31. The Bertz CT molecular complexity index is 1260. The summed E-state index contributed by atoms with van der Waals surface area (Å²) in [5.74, 6) is 0.719. The van der Waals surface area contributed by atoms with Gasteiger partial charge >= 0.3 is 0 Å². The first-order valence-corrected chi connectivity index (χ1v) is 14.5. The van der Waals surface area contributed by atoms with Crippen molar-refractivity contribution in [1.29, 1.82) is 0 Å². The molecule has 0 fully saturated rings. The molecule has 0 saturated carbocycles. The molecule has 0 aliphatic carbocycles. The maximum atomic E-state index is 13.0. The Morgan fingerprint density at radius 2 is 1.47 bits per heavy atom. The van der Waals surface area contributed by atoms with Crippen LogP contribution in [0.1, 0.15) is 38.1 Å². The Balaban J connectivity index is 2.02. The van der Waals surface area contributed by atoms with E-state index in [1.165, 1.54) is 0 Å². The van der Waals surface area contributed by atoms with Crippen molar-refractivity contribution in [3.05, 3.63) is 102 Å². The number of carbonyl (C=O) groups is 1. The van der Waals surface area contributed by atoms with Crippen LogP contribution in [0.25, 0.3) is 10.8 Å². The molecule has 34 heavy (non-hydrogen) atoms. The highest BCUT2D eigenvalue weighted by Crippen LogP contribution is 2.71. The summed E-state index contributed by atoms with van der Waals surface area (Å²) in [6.45, 7) is 8.73. The first-order valence-electron chi connectivity index (χ1n) is 11.4. The van der Waals surface area contributed by atoms with Gasteiger partial charge in [0.2, 0.25) is 0 Å². The second-order valence-corrected chi connectivity index (χ2v) is 14.5. The molecule has 0 heterocycles. The van der Waals surface area contributed by atoms with Crippen LogP contribution in [0, 0.1) is 0 Å². The summed E-state index contributed by atoms with van der Waals surface area (Å²) in [6, 6.07) is 30.6. The standard InChI is InChI=1S/C29H30ClO2PS/c1-5-33-28(31)22-18-21-19-23(30)16-17-26(21)27(20-22)32-34(29(2,3)4,24-12-8-6-9-13-24)25-14-10-7-11-15-25/h6-20,33H,5H2,1-4H3. The van der Waals surface area contributed by atoms with Crippen LogP contribution in [-0.4, -0.2) is 16.4 Å². The van der Waals surface area contributed by atoms with Crippen LogP contribution in [-0.2, 0) is 0 Å². The van der Waals surface area contributed by atoms with E-state index in [0.29, 0.717) is 10.6 Å². The summed E-state index contributed by atoms with van der Waals surface area (Å²) in [6.07, 6.45) is 0.827. The van der Waals surface area contributed by atoms with Crippen molar-refractivity contribution in [3.63, 3.8) is 0 Å². The lowest BCUT2D eigenvalue weighted by Gasteiger charge is -2.50. The number of rotatable bonds is 7. The average molecular weight is 509 g/mol. The van der Waals surface area contributed by atoms with Crippen LogP contribution < -0.4 is 4.18 Å². The van der Waals surface area contributed by atoms with Gasteiger partial charge < -0.3 is 4.18 Å². The summed E-state index contributed by atoms with van der Waals surface area (Å²) in [5.41, 5.74) is 0.818. The van der Waals surface area contributed by atoms with Crippen LogP contribution >= 0.6 is 30.5 Å². The first-order chi connectivity index (χ1) is 16.3. The van der Waals surface area contributed by atoms with Gasteiger partial charge in [-0.15, -0.1) is 0 Å². The first kappa shape index (κ1) is 24.8. The fourth-order valence-corrected chi connectivity index (χ4v) is 8.66. The molecule has 0 spiro atoms. The lowest BCUT2D eigenvalue weighted by atomic mass is 10.1. The van der Waals surface area contributed by atoms with Crippen LogP contribution in [0.4, 0.5) is 0 Å². The van der Waals surface area contributed by atoms with Crippen molar-refractivity contribution in [1.82, 2.24) is 0 Å². The van der Waals surface area contributed by atoms with E-state index in [1.54, 1.807) is 0 Å². The molecule has 4 aromatic carbocycles. The van der Waals surface area contributed by atoms with E-state index in [4.69, 9.17) is 15.8 Å². The van der Waals surface area contributed by atoms with E-state index in [2.05, 4.69) is 69.3 Å². The van der Waals surface area contributed by atoms with Crippen molar-refractivity contribution in [2.24, 2.45) is 0 Å². The SMILES string of the molecule is CCPC(=O)c1cc(OS(c2ccccc2)(c2ccccc2)C(C)(C)C)c2ccc(Cl)cc2c1. The fourth-order valence-electron chi connectivity index (χ4n) is 4.19. The number of benzene rings is 4. The van der Waals surface area contributed by atoms with Gasteiger partial charge in [-0.05, 0) is 106 Å². The number of fused-ring (bicyclic) bond motifs is 1. The largest absolute Gasteiger partial charge is 0.439 e. The molecule has 0 aromatic heterocycles. The van der Waals surface area contributed by atoms with Crippen LogP contribution in [0.5, 0.6) is 5.75 Å². The molecule has 0 amide bonds. The van der Waals surface area contributed by atoms with E-state index in [1.807, 2.05) is 49.4 Å². The van der Waals surface area contributed by atoms with E-state index in [9.17, 15) is 4.79 Å². The Morgan fingerprint density at radius 1 is 0.882 bits per heavy atom. The maximum absolute atomic E-state index is 13.0. The summed E-state index contributed by atoms with van der Waals surface area (Å²) in [5, 5.41) is 2.51. The maximum Gasteiger partial charge on any atom is 0.181 e. The number of halogens is 1. The summed E-state index contributed by atoms with van der Waals surface area (Å²) >= 11 is 6.34. The minimum atomic E-state index is -2.02. The molecule has 0 radical (unpaired) electrons. The van der Waals surface area contributed by atoms with Gasteiger partial charge in [-0.1, -0.05) is 54.9 Å². The van der Waals surface area contributed by atoms with Crippen molar-refractivity contribution < 1.29 is 8.98 Å². The Hall–Kier alpha value is -2.32. The van der Waals surface area contributed by atoms with Gasteiger partial charge in [-0.25, -0.2) is 0 Å². The van der Waals surface area contributed by atoms with Crippen molar-refractivity contribution in [3.8, 4) is 5.75 Å². The minimum Gasteiger partial charge on any atom is -0.439 e. The van der Waals surface area contributed by atoms with Crippen molar-refractivity contribution >= 4 is 46.8 Å². The molecule has 1 unspecified atom stereocenters. The van der Waals surface area contributed by atoms with Crippen LogP contribution in [0.2, 0.25) is 5.02 Å². The summed E-state index contributed by atoms with van der Waals surface area (Å²) < 4.78 is 7.02. The zero-order valence-corrected chi connectivity index (χ0v) is 22.5. The molecule has 5 heteroatoms. The van der Waals surface area contributed by atoms with Gasteiger partial charge in [-0.3, -0.25) is 4.79 Å². The third-order valence-corrected chi connectivity index (χ3v) is 10.9. The van der Waals surface area contributed by atoms with Gasteiger partial charge in [0.15, 0.2) is 5.52 Å². The summed E-state index contributed by atoms with van der Waals surface area (Å²) in [7, 11) is -1.79. The molecule has 0 N–H and O–H groups in total. The molecule has 0 saturated heterocycles. The van der Waals surface area contributed by atoms with E-state index in [0.717, 1.165) is 32.5 Å². The molecular weight excluding hydrogens is 479 g/mol. The Kier molecular flexibility index (Phi) is 7.38. The third-order valence-electron chi connectivity index (χ3n) is 5.70. The van der Waals surface area contributed by atoms with Crippen LogP contribution in [0.15, 0.2) is 101 Å². The topological polar surface area (TPSA) is 26.3 Å². The second-order valence-electron chi connectivity index (χ2n) is 9.08. The van der Waals surface area contributed by atoms with Gasteiger partial charge in [0.05, 0.1) is 0 Å². The molecule has 176 valence electrons. The van der Waals surface area contributed by atoms with Crippen LogP contribution in [0.3, 0.4) is 0 Å². The quantitative estimate of drug-likeness (QED) is 0.232. The highest BCUT2D eigenvalue weighted by Gasteiger charge is 2.43. The lowest BCUT2D eigenvalue weighted by molar-refractivity contribution is 0.108. The van der Waals surface area contributed by atoms with E-state index < -0.39 is 10.3 Å². The number of carbonyl (C=O) groups excluding carboxylic acids is 1. The predicted octanol–water partition coefficient (Wildman–Crippen LogP) is 9.35. The molecule has 0 aliphatic rings. The van der Waals surface area contributed by atoms with Crippen molar-refractivity contribution in [2.45, 2.75) is 42.2 Å². The van der Waals surface area contributed by atoms with Gasteiger partial charge in [0.1, 0.15) is 5.75 Å². The van der Waals surface area contributed by atoms with Crippen molar-refractivity contribution in [2.75, 3.05) is 6.16 Å². The normalized spacial score (nSPS) is 12.9. The monoisotopic (exact) mass is 508 g/mol. The Labute approximate surface area is 211 Å². The van der Waals surface area contributed by atoms with E-state index >= 15 is 0 Å². The fraction of sp³-hybridized carbons (Fsp3) is 0.207. The number of hydrogen-bond donors (Lipinski definition) is 0. The average Bonchev–Trinajstić information content (AvgIpc) is 2.82. The summed E-state index contributed by atoms with van der Waals surface area (Å²) in [4.78, 5) is 15.2. The zero-order valence-electron chi connectivity index (χ0n) is 20.0. The van der Waals surface area contributed by atoms with Gasteiger partial charge in [0, 0.05) is 30.5 Å². The molecule has 0 bridgehead atoms. The molecule has 2 nitrogen and oxygen atoms in total. The molecule has 4 rings (SSSR count). The zero-order chi connectivity index (χ0) is 24.3. The predicted molar refractivity (Wildman–Crippen MR) is 150 cm³/mol. The number of hydrogen-bond acceptors (Lipinski definition) is 2. The lowest BCUT2D eigenvalue weighted by Crippen LogP contribution is -2.30. The van der Waals surface area contributed by atoms with Gasteiger partial charge in [-0.2, -0.15) is 0 Å².